The number of Topliss-reactive ketones (excluding diaryl/α,β-unsaturated/α-hetero) is 2. The number of hydroxylamine groups is 2. The molecule has 2 amide bonds. The van der Waals surface area contributed by atoms with Crippen LogP contribution in [-0.2, 0) is 35.2 Å². The van der Waals surface area contributed by atoms with Gasteiger partial charge in [0.25, 0.3) is 0 Å². The first kappa shape index (κ1) is 25.0. The van der Waals surface area contributed by atoms with Crippen molar-refractivity contribution in [3.8, 4) is 0 Å². The number of carboxylic acid groups (broad SMARTS) is 1. The summed E-state index contributed by atoms with van der Waals surface area (Å²) in [6.07, 6.45) is -1.25. The van der Waals surface area contributed by atoms with Gasteiger partial charge < -0.3 is 15.2 Å². The molecule has 10 nitrogen and oxygen atoms in total. The van der Waals surface area contributed by atoms with Crippen LogP contribution in [-0.4, -0.2) is 64.0 Å². The Labute approximate surface area is 185 Å². The largest absolute Gasteiger partial charge is 0.476 e. The zero-order chi connectivity index (χ0) is 23.9. The smallest absolute Gasteiger partial charge is 0.435 e. The van der Waals surface area contributed by atoms with Gasteiger partial charge in [-0.15, -0.1) is 0 Å². The highest BCUT2D eigenvalue weighted by Gasteiger charge is 2.39. The molecule has 2 atom stereocenters. The Morgan fingerprint density at radius 2 is 1.81 bits per heavy atom. The van der Waals surface area contributed by atoms with Crippen molar-refractivity contribution in [3.63, 3.8) is 0 Å². The molecule has 1 saturated heterocycles. The Hall–Kier alpha value is -3.27. The zero-order valence-electron chi connectivity index (χ0n) is 18.3. The molecule has 32 heavy (non-hydrogen) atoms. The first-order chi connectivity index (χ1) is 15.0. The normalized spacial score (nSPS) is 16.8. The number of carbonyl (C=O) groups is 5. The lowest BCUT2D eigenvalue weighted by Gasteiger charge is -2.27. The molecule has 174 valence electrons. The van der Waals surface area contributed by atoms with E-state index >= 15 is 0 Å². The molecule has 0 aliphatic carbocycles. The molecule has 0 spiro atoms. The van der Waals surface area contributed by atoms with Gasteiger partial charge >= 0.3 is 12.1 Å². The number of carbonyl (C=O) groups excluding carboxylic acids is 4. The number of amides is 2. The standard InChI is InChI=1S/C22H28N2O8/c1-22(2,3)32-21(30)24-16(11-12-31-24)19(27)23-15(13-14-7-5-4-6-8-14)17(25)9-10-18(26)20(28)29/h4-8,15-16H,9-13H2,1-3H3,(H,23,27)(H,28,29)/t15-,16?/m0/s1. The minimum absolute atomic E-state index is 0.127. The van der Waals surface area contributed by atoms with Gasteiger partial charge in [0, 0.05) is 19.3 Å². The summed E-state index contributed by atoms with van der Waals surface area (Å²) in [6.45, 7) is 5.18. The Kier molecular flexibility index (Phi) is 8.48. The van der Waals surface area contributed by atoms with Crippen LogP contribution in [0, 0.1) is 0 Å². The molecule has 1 aromatic carbocycles. The molecule has 1 fully saturated rings. The molecule has 0 aromatic heterocycles. The maximum absolute atomic E-state index is 12.9. The topological polar surface area (TPSA) is 139 Å². The number of rotatable bonds is 9. The van der Waals surface area contributed by atoms with E-state index in [4.69, 9.17) is 14.7 Å². The fourth-order valence-electron chi connectivity index (χ4n) is 3.08. The third kappa shape index (κ3) is 7.45. The van der Waals surface area contributed by atoms with E-state index in [0.717, 1.165) is 10.6 Å². The number of nitrogens with one attached hydrogen (secondary N) is 1. The first-order valence-electron chi connectivity index (χ1n) is 10.3. The first-order valence-corrected chi connectivity index (χ1v) is 10.3. The number of hydrogen-bond donors (Lipinski definition) is 2. The molecule has 1 unspecified atom stereocenters. The van der Waals surface area contributed by atoms with Gasteiger partial charge in [-0.2, -0.15) is 5.06 Å². The fourth-order valence-corrected chi connectivity index (χ4v) is 3.08. The van der Waals surface area contributed by atoms with Crippen molar-refractivity contribution < 1.29 is 38.7 Å². The van der Waals surface area contributed by atoms with Crippen LogP contribution in [0.25, 0.3) is 0 Å². The van der Waals surface area contributed by atoms with E-state index in [1.54, 1.807) is 51.1 Å². The Morgan fingerprint density at radius 3 is 2.41 bits per heavy atom. The Bertz CT molecular complexity index is 862. The number of ether oxygens (including phenoxy) is 1. The van der Waals surface area contributed by atoms with Gasteiger partial charge in [0.05, 0.1) is 12.6 Å². The van der Waals surface area contributed by atoms with Crippen LogP contribution < -0.4 is 5.32 Å². The van der Waals surface area contributed by atoms with Gasteiger partial charge in [0.15, 0.2) is 5.78 Å². The van der Waals surface area contributed by atoms with E-state index in [2.05, 4.69) is 5.32 Å². The second-order valence-corrected chi connectivity index (χ2v) is 8.39. The highest BCUT2D eigenvalue weighted by Crippen LogP contribution is 2.20. The van der Waals surface area contributed by atoms with Crippen LogP contribution in [0.5, 0.6) is 0 Å². The van der Waals surface area contributed by atoms with Gasteiger partial charge in [0.2, 0.25) is 11.7 Å². The number of carboxylic acids is 1. The fraction of sp³-hybridized carbons (Fsp3) is 0.500. The molecule has 2 rings (SSSR count). The SMILES string of the molecule is CC(C)(C)OC(=O)N1OCCC1C(=O)N[C@@H](Cc1ccccc1)C(=O)CCC(=O)C(=O)O. The van der Waals surface area contributed by atoms with Gasteiger partial charge in [-0.25, -0.2) is 9.59 Å². The molecule has 10 heteroatoms. The summed E-state index contributed by atoms with van der Waals surface area (Å²) in [7, 11) is 0. The van der Waals surface area contributed by atoms with Gasteiger partial charge in [-0.05, 0) is 32.8 Å². The Morgan fingerprint density at radius 1 is 1.16 bits per heavy atom. The van der Waals surface area contributed by atoms with Gasteiger partial charge in [0.1, 0.15) is 11.6 Å². The maximum atomic E-state index is 12.9. The van der Waals surface area contributed by atoms with Crippen LogP contribution >= 0.6 is 0 Å². The summed E-state index contributed by atoms with van der Waals surface area (Å²) >= 11 is 0. The van der Waals surface area contributed by atoms with E-state index in [-0.39, 0.29) is 25.9 Å². The quantitative estimate of drug-likeness (QED) is 0.544. The number of aliphatic carboxylic acids is 1. The molecule has 1 aliphatic heterocycles. The summed E-state index contributed by atoms with van der Waals surface area (Å²) in [6, 6.07) is 6.92. The summed E-state index contributed by atoms with van der Waals surface area (Å²) in [5, 5.41) is 12.2. The lowest BCUT2D eigenvalue weighted by molar-refractivity contribution is -0.149. The third-order valence-corrected chi connectivity index (χ3v) is 4.61. The third-order valence-electron chi connectivity index (χ3n) is 4.61. The predicted octanol–water partition coefficient (Wildman–Crippen LogP) is 1.66. The van der Waals surface area contributed by atoms with Gasteiger partial charge in [-0.1, -0.05) is 30.3 Å². The average Bonchev–Trinajstić information content (AvgIpc) is 3.21. The predicted molar refractivity (Wildman–Crippen MR) is 111 cm³/mol. The van der Waals surface area contributed by atoms with Crippen molar-refractivity contribution >= 4 is 29.5 Å². The molecular weight excluding hydrogens is 420 g/mol. The van der Waals surface area contributed by atoms with Crippen molar-refractivity contribution in [1.82, 2.24) is 10.4 Å². The molecular formula is C22H28N2O8. The Balaban J connectivity index is 2.12. The van der Waals surface area contributed by atoms with Crippen molar-refractivity contribution in [2.24, 2.45) is 0 Å². The molecule has 1 heterocycles. The number of benzene rings is 1. The van der Waals surface area contributed by atoms with Crippen LogP contribution in [0.1, 0.15) is 45.6 Å². The second kappa shape index (κ2) is 10.9. The lowest BCUT2D eigenvalue weighted by atomic mass is 9.98. The molecule has 2 N–H and O–H groups in total. The summed E-state index contributed by atoms with van der Waals surface area (Å²) in [5.41, 5.74) is -0.0191. The van der Waals surface area contributed by atoms with E-state index in [1.807, 2.05) is 0 Å². The second-order valence-electron chi connectivity index (χ2n) is 8.39. The van der Waals surface area contributed by atoms with Crippen LogP contribution in [0.2, 0.25) is 0 Å². The minimum Gasteiger partial charge on any atom is -0.476 e. The van der Waals surface area contributed by atoms with Crippen molar-refractivity contribution in [2.75, 3.05) is 6.61 Å². The summed E-state index contributed by atoms with van der Waals surface area (Å²) < 4.78 is 5.26. The molecule has 1 aliphatic rings. The van der Waals surface area contributed by atoms with Crippen molar-refractivity contribution in [3.05, 3.63) is 35.9 Å². The monoisotopic (exact) mass is 448 g/mol. The van der Waals surface area contributed by atoms with Crippen LogP contribution in [0.3, 0.4) is 0 Å². The van der Waals surface area contributed by atoms with E-state index < -0.39 is 53.6 Å². The van der Waals surface area contributed by atoms with Gasteiger partial charge in [-0.3, -0.25) is 19.2 Å². The van der Waals surface area contributed by atoms with E-state index in [9.17, 15) is 24.0 Å². The highest BCUT2D eigenvalue weighted by atomic mass is 16.7. The number of ketones is 2. The van der Waals surface area contributed by atoms with Crippen molar-refractivity contribution in [2.45, 2.75) is 64.1 Å². The average molecular weight is 448 g/mol. The molecule has 0 saturated carbocycles. The van der Waals surface area contributed by atoms with Crippen molar-refractivity contribution in [1.29, 1.82) is 0 Å². The van der Waals surface area contributed by atoms with E-state index in [1.165, 1.54) is 0 Å². The minimum atomic E-state index is -1.61. The van der Waals surface area contributed by atoms with Crippen LogP contribution in [0.15, 0.2) is 30.3 Å². The molecule has 0 radical (unpaired) electrons. The zero-order valence-corrected chi connectivity index (χ0v) is 18.3. The van der Waals surface area contributed by atoms with E-state index in [0.29, 0.717) is 0 Å². The molecule has 0 bridgehead atoms. The summed E-state index contributed by atoms with van der Waals surface area (Å²) in [5.74, 6) is -3.78. The number of nitrogens with zero attached hydrogens (tertiary/aromatic N) is 1. The van der Waals surface area contributed by atoms with Crippen LogP contribution in [0.4, 0.5) is 4.79 Å². The highest BCUT2D eigenvalue weighted by molar-refractivity contribution is 6.33. The summed E-state index contributed by atoms with van der Waals surface area (Å²) in [4.78, 5) is 65.4. The lowest BCUT2D eigenvalue weighted by Crippen LogP contribution is -2.52. The molecule has 1 aromatic rings. The number of hydrogen-bond acceptors (Lipinski definition) is 7. The maximum Gasteiger partial charge on any atom is 0.435 e.